The summed E-state index contributed by atoms with van der Waals surface area (Å²) in [6, 6.07) is 7.12. The van der Waals surface area contributed by atoms with Gasteiger partial charge in [0.2, 0.25) is 0 Å². The first-order valence-electron chi connectivity index (χ1n) is 7.80. The van der Waals surface area contributed by atoms with Gasteiger partial charge in [-0.1, -0.05) is 12.1 Å². The van der Waals surface area contributed by atoms with E-state index in [0.29, 0.717) is 12.1 Å². The SMILES string of the molecule is C[C@H](C[NH+]1[C@H](C)CCC[C@H]1C)OC(=O)c1ccccc1F. The summed E-state index contributed by atoms with van der Waals surface area (Å²) in [6.45, 7) is 7.16. The third kappa shape index (κ3) is 4.03. The number of hydrogen-bond acceptors (Lipinski definition) is 2. The molecule has 3 atom stereocenters. The van der Waals surface area contributed by atoms with E-state index in [0.717, 1.165) is 6.54 Å². The molecule has 116 valence electrons. The first-order valence-corrected chi connectivity index (χ1v) is 7.80. The molecular weight excluding hydrogens is 269 g/mol. The molecule has 3 nitrogen and oxygen atoms in total. The largest absolute Gasteiger partial charge is 0.453 e. The fourth-order valence-corrected chi connectivity index (χ4v) is 3.24. The number of piperidine rings is 1. The smallest absolute Gasteiger partial charge is 0.341 e. The molecule has 4 heteroatoms. The standard InChI is InChI=1S/C17H24FNO2/c1-12-7-6-8-13(2)19(12)11-14(3)21-17(20)15-9-4-5-10-16(15)18/h4-5,9-10,12-14H,6-8,11H2,1-3H3/p+1/t12-,13-,14-/m1/s1. The number of carbonyl (C=O) groups excluding carboxylic acids is 1. The minimum absolute atomic E-state index is 0.0130. The van der Waals surface area contributed by atoms with E-state index in [-0.39, 0.29) is 11.7 Å². The summed E-state index contributed by atoms with van der Waals surface area (Å²) in [4.78, 5) is 13.5. The molecule has 2 rings (SSSR count). The van der Waals surface area contributed by atoms with Crippen LogP contribution in [0.25, 0.3) is 0 Å². The molecule has 1 N–H and O–H groups in total. The molecule has 1 saturated heterocycles. The maximum Gasteiger partial charge on any atom is 0.341 e. The number of quaternary nitrogens is 1. The van der Waals surface area contributed by atoms with Crippen LogP contribution in [0.3, 0.4) is 0 Å². The van der Waals surface area contributed by atoms with Crippen molar-refractivity contribution in [1.29, 1.82) is 0 Å². The highest BCUT2D eigenvalue weighted by Gasteiger charge is 2.30. The van der Waals surface area contributed by atoms with Crippen LogP contribution in [-0.4, -0.2) is 30.7 Å². The summed E-state index contributed by atoms with van der Waals surface area (Å²) in [5.41, 5.74) is 0.0130. The molecule has 0 aromatic heterocycles. The second-order valence-electron chi connectivity index (χ2n) is 6.21. The van der Waals surface area contributed by atoms with Crippen LogP contribution in [0, 0.1) is 5.82 Å². The lowest BCUT2D eigenvalue weighted by Gasteiger charge is -2.37. The molecule has 1 aromatic rings. The van der Waals surface area contributed by atoms with E-state index < -0.39 is 11.8 Å². The number of benzene rings is 1. The monoisotopic (exact) mass is 294 g/mol. The van der Waals surface area contributed by atoms with Crippen LogP contribution in [0.1, 0.15) is 50.4 Å². The van der Waals surface area contributed by atoms with Crippen molar-refractivity contribution < 1.29 is 18.8 Å². The maximum absolute atomic E-state index is 13.6. The average molecular weight is 294 g/mol. The number of nitrogens with one attached hydrogen (secondary N) is 1. The van der Waals surface area contributed by atoms with Crippen LogP contribution in [0.15, 0.2) is 24.3 Å². The van der Waals surface area contributed by atoms with Gasteiger partial charge in [0.1, 0.15) is 18.5 Å². The van der Waals surface area contributed by atoms with E-state index >= 15 is 0 Å². The fourth-order valence-electron chi connectivity index (χ4n) is 3.24. The zero-order chi connectivity index (χ0) is 15.4. The quantitative estimate of drug-likeness (QED) is 0.863. The fraction of sp³-hybridized carbons (Fsp3) is 0.588. The van der Waals surface area contributed by atoms with Crippen molar-refractivity contribution >= 4 is 5.97 Å². The molecule has 1 aliphatic rings. The minimum Gasteiger partial charge on any atom is -0.453 e. The Balaban J connectivity index is 1.93. The highest BCUT2D eigenvalue weighted by molar-refractivity contribution is 5.89. The Kier molecular flexibility index (Phi) is 5.34. The highest BCUT2D eigenvalue weighted by atomic mass is 19.1. The molecule has 1 aromatic carbocycles. The third-order valence-corrected chi connectivity index (χ3v) is 4.47. The van der Waals surface area contributed by atoms with Gasteiger partial charge in [-0.2, -0.15) is 0 Å². The average Bonchev–Trinajstić information content (AvgIpc) is 2.43. The third-order valence-electron chi connectivity index (χ3n) is 4.47. The van der Waals surface area contributed by atoms with Crippen LogP contribution in [0.5, 0.6) is 0 Å². The van der Waals surface area contributed by atoms with Crippen molar-refractivity contribution in [3.05, 3.63) is 35.6 Å². The number of halogens is 1. The van der Waals surface area contributed by atoms with Crippen molar-refractivity contribution in [1.82, 2.24) is 0 Å². The van der Waals surface area contributed by atoms with Crippen LogP contribution >= 0.6 is 0 Å². The van der Waals surface area contributed by atoms with Crippen molar-refractivity contribution in [2.45, 2.75) is 58.2 Å². The molecule has 1 fully saturated rings. The highest BCUT2D eigenvalue weighted by Crippen LogP contribution is 2.10. The molecule has 0 unspecified atom stereocenters. The van der Waals surface area contributed by atoms with E-state index in [4.69, 9.17) is 4.74 Å². The van der Waals surface area contributed by atoms with Crippen molar-refractivity contribution in [2.24, 2.45) is 0 Å². The second-order valence-corrected chi connectivity index (χ2v) is 6.21. The van der Waals surface area contributed by atoms with Gasteiger partial charge in [0.25, 0.3) is 0 Å². The van der Waals surface area contributed by atoms with E-state index in [1.54, 1.807) is 12.1 Å². The van der Waals surface area contributed by atoms with Crippen LogP contribution < -0.4 is 4.90 Å². The topological polar surface area (TPSA) is 30.7 Å². The van der Waals surface area contributed by atoms with Crippen molar-refractivity contribution in [3.8, 4) is 0 Å². The normalized spacial score (nSPS) is 24.6. The molecule has 0 aliphatic carbocycles. The predicted molar refractivity (Wildman–Crippen MR) is 79.9 cm³/mol. The van der Waals surface area contributed by atoms with Gasteiger partial charge in [-0.05, 0) is 52.2 Å². The van der Waals surface area contributed by atoms with E-state index in [1.165, 1.54) is 36.3 Å². The number of esters is 1. The Bertz CT molecular complexity index is 481. The Labute approximate surface area is 126 Å². The first-order chi connectivity index (χ1) is 9.99. The Morgan fingerprint density at radius 1 is 1.33 bits per heavy atom. The zero-order valence-electron chi connectivity index (χ0n) is 13.1. The minimum atomic E-state index is -0.572. The maximum atomic E-state index is 13.6. The van der Waals surface area contributed by atoms with Gasteiger partial charge >= 0.3 is 5.97 Å². The summed E-state index contributed by atoms with van der Waals surface area (Å²) >= 11 is 0. The van der Waals surface area contributed by atoms with Gasteiger partial charge in [0.05, 0.1) is 17.6 Å². The predicted octanol–water partition coefficient (Wildman–Crippen LogP) is 2.22. The molecule has 21 heavy (non-hydrogen) atoms. The van der Waals surface area contributed by atoms with Crippen molar-refractivity contribution in [2.75, 3.05) is 6.54 Å². The molecule has 0 amide bonds. The summed E-state index contributed by atoms with van der Waals surface area (Å²) in [7, 11) is 0. The van der Waals surface area contributed by atoms with Crippen LogP contribution in [0.4, 0.5) is 4.39 Å². The lowest BCUT2D eigenvalue weighted by Crippen LogP contribution is -3.20. The lowest BCUT2D eigenvalue weighted by molar-refractivity contribution is -0.953. The zero-order valence-corrected chi connectivity index (χ0v) is 13.1. The van der Waals surface area contributed by atoms with E-state index in [9.17, 15) is 9.18 Å². The van der Waals surface area contributed by atoms with Gasteiger partial charge in [-0.3, -0.25) is 0 Å². The van der Waals surface area contributed by atoms with Crippen LogP contribution in [-0.2, 0) is 4.74 Å². The summed E-state index contributed by atoms with van der Waals surface area (Å²) in [5.74, 6) is -1.10. The number of rotatable bonds is 4. The number of likely N-dealkylation sites (tertiary alicyclic amines) is 1. The summed E-state index contributed by atoms with van der Waals surface area (Å²) in [6.07, 6.45) is 3.49. The van der Waals surface area contributed by atoms with Crippen LogP contribution in [0.2, 0.25) is 0 Å². The molecule has 0 saturated carbocycles. The second kappa shape index (κ2) is 7.03. The molecule has 1 aliphatic heterocycles. The number of ether oxygens (including phenoxy) is 1. The first kappa shape index (κ1) is 16.0. The molecule has 0 radical (unpaired) electrons. The van der Waals surface area contributed by atoms with Gasteiger partial charge < -0.3 is 9.64 Å². The van der Waals surface area contributed by atoms with Gasteiger partial charge in [0.15, 0.2) is 0 Å². The summed E-state index contributed by atoms with van der Waals surface area (Å²) < 4.78 is 19.0. The number of carbonyl (C=O) groups is 1. The van der Waals surface area contributed by atoms with E-state index in [2.05, 4.69) is 13.8 Å². The Morgan fingerprint density at radius 2 is 1.95 bits per heavy atom. The van der Waals surface area contributed by atoms with Gasteiger partial charge in [-0.15, -0.1) is 0 Å². The molecule has 0 bridgehead atoms. The Hall–Kier alpha value is -1.42. The van der Waals surface area contributed by atoms with Crippen molar-refractivity contribution in [3.63, 3.8) is 0 Å². The van der Waals surface area contributed by atoms with E-state index in [1.807, 2.05) is 6.92 Å². The number of hydrogen-bond donors (Lipinski definition) is 1. The summed E-state index contributed by atoms with van der Waals surface area (Å²) in [5, 5.41) is 0. The van der Waals surface area contributed by atoms with Gasteiger partial charge in [0, 0.05) is 0 Å². The molecule has 1 heterocycles. The molecular formula is C17H25FNO2+. The van der Waals surface area contributed by atoms with Gasteiger partial charge in [-0.25, -0.2) is 9.18 Å². The lowest BCUT2D eigenvalue weighted by atomic mass is 9.97. The molecule has 0 spiro atoms. The Morgan fingerprint density at radius 3 is 2.57 bits per heavy atom.